The minimum absolute atomic E-state index is 0.117. The van der Waals surface area contributed by atoms with Gasteiger partial charge in [-0.1, -0.05) is 17.7 Å². The van der Waals surface area contributed by atoms with Gasteiger partial charge in [0.15, 0.2) is 0 Å². The second kappa shape index (κ2) is 3.42. The molecule has 1 aromatic carbocycles. The number of hydrogen-bond donors (Lipinski definition) is 0. The van der Waals surface area contributed by atoms with E-state index >= 15 is 0 Å². The zero-order valence-electron chi connectivity index (χ0n) is 7.70. The van der Waals surface area contributed by atoms with Crippen molar-refractivity contribution >= 4 is 22.6 Å². The molecule has 72 valence electrons. The molecule has 0 aliphatic heterocycles. The smallest absolute Gasteiger partial charge is 0.269 e. The fourth-order valence-corrected chi connectivity index (χ4v) is 1.77. The molecule has 0 N–H and O–H groups in total. The third-order valence-electron chi connectivity index (χ3n) is 2.13. The summed E-state index contributed by atoms with van der Waals surface area (Å²) in [6, 6.07) is 5.42. The molecule has 1 heterocycles. The fraction of sp³-hybridized carbons (Fsp3) is 0.200. The maximum atomic E-state index is 11.5. The number of benzene rings is 1. The highest BCUT2D eigenvalue weighted by Gasteiger charge is 2.05. The molecular formula is C10H9ClN2O. The number of aromatic nitrogens is 2. The van der Waals surface area contributed by atoms with Crippen LogP contribution in [0.2, 0.25) is 5.02 Å². The van der Waals surface area contributed by atoms with E-state index in [0.717, 1.165) is 5.52 Å². The first-order chi connectivity index (χ1) is 6.74. The van der Waals surface area contributed by atoms with E-state index in [4.69, 9.17) is 11.6 Å². The van der Waals surface area contributed by atoms with Crippen molar-refractivity contribution < 1.29 is 0 Å². The van der Waals surface area contributed by atoms with Gasteiger partial charge >= 0.3 is 0 Å². The summed E-state index contributed by atoms with van der Waals surface area (Å²) in [6.07, 6.45) is 1.32. The van der Waals surface area contributed by atoms with E-state index in [1.165, 1.54) is 6.20 Å². The molecule has 2 rings (SSSR count). The Morgan fingerprint density at radius 1 is 1.50 bits per heavy atom. The second-order valence-corrected chi connectivity index (χ2v) is 3.36. The van der Waals surface area contributed by atoms with E-state index in [2.05, 4.69) is 4.98 Å². The second-order valence-electron chi connectivity index (χ2n) is 2.95. The molecule has 3 nitrogen and oxygen atoms in total. The van der Waals surface area contributed by atoms with E-state index < -0.39 is 0 Å². The minimum atomic E-state index is -0.117. The Hall–Kier alpha value is -1.35. The molecule has 14 heavy (non-hydrogen) atoms. The lowest BCUT2D eigenvalue weighted by molar-refractivity contribution is 0.753. The Morgan fingerprint density at radius 2 is 2.29 bits per heavy atom. The summed E-state index contributed by atoms with van der Waals surface area (Å²) >= 11 is 6.01. The molecule has 0 aliphatic rings. The molecule has 0 saturated heterocycles. The molecule has 0 radical (unpaired) electrons. The molecule has 0 amide bonds. The van der Waals surface area contributed by atoms with Crippen LogP contribution < -0.4 is 5.56 Å². The molecule has 0 bridgehead atoms. The Morgan fingerprint density at radius 3 is 3.00 bits per heavy atom. The average Bonchev–Trinajstić information content (AvgIpc) is 2.19. The monoisotopic (exact) mass is 208 g/mol. The van der Waals surface area contributed by atoms with Crippen LogP contribution in [0.5, 0.6) is 0 Å². The van der Waals surface area contributed by atoms with Crippen LogP contribution in [0, 0.1) is 0 Å². The Kier molecular flexibility index (Phi) is 2.25. The van der Waals surface area contributed by atoms with E-state index in [9.17, 15) is 4.79 Å². The Labute approximate surface area is 86.0 Å². The van der Waals surface area contributed by atoms with E-state index in [0.29, 0.717) is 17.1 Å². The first-order valence-electron chi connectivity index (χ1n) is 4.38. The van der Waals surface area contributed by atoms with Crippen molar-refractivity contribution in [3.8, 4) is 0 Å². The van der Waals surface area contributed by atoms with Gasteiger partial charge in [-0.15, -0.1) is 0 Å². The Bertz CT molecular complexity index is 533. The SMILES string of the molecule is CCn1c(=O)cnc2cccc(Cl)c21. The molecule has 0 fully saturated rings. The number of aryl methyl sites for hydroxylation is 1. The van der Waals surface area contributed by atoms with Crippen molar-refractivity contribution in [2.24, 2.45) is 0 Å². The van der Waals surface area contributed by atoms with Gasteiger partial charge in [-0.05, 0) is 19.1 Å². The minimum Gasteiger partial charge on any atom is -0.304 e. The number of nitrogens with zero attached hydrogens (tertiary/aromatic N) is 2. The molecule has 0 atom stereocenters. The third-order valence-corrected chi connectivity index (χ3v) is 2.44. The summed E-state index contributed by atoms with van der Waals surface area (Å²) in [6.45, 7) is 2.51. The summed E-state index contributed by atoms with van der Waals surface area (Å²) in [5.41, 5.74) is 1.34. The topological polar surface area (TPSA) is 34.9 Å². The van der Waals surface area contributed by atoms with E-state index in [1.54, 1.807) is 10.6 Å². The fourth-order valence-electron chi connectivity index (χ4n) is 1.49. The van der Waals surface area contributed by atoms with Crippen molar-refractivity contribution in [2.75, 3.05) is 0 Å². The maximum absolute atomic E-state index is 11.5. The zero-order chi connectivity index (χ0) is 10.1. The predicted octanol–water partition coefficient (Wildman–Crippen LogP) is 2.07. The van der Waals surface area contributed by atoms with Crippen LogP contribution in [0.3, 0.4) is 0 Å². The van der Waals surface area contributed by atoms with Crippen molar-refractivity contribution in [3.63, 3.8) is 0 Å². The first-order valence-corrected chi connectivity index (χ1v) is 4.76. The number of para-hydroxylation sites is 1. The van der Waals surface area contributed by atoms with Crippen LogP contribution in [0.4, 0.5) is 0 Å². The Balaban J connectivity index is 2.99. The predicted molar refractivity (Wildman–Crippen MR) is 56.7 cm³/mol. The van der Waals surface area contributed by atoms with Crippen LogP contribution >= 0.6 is 11.6 Å². The summed E-state index contributed by atoms with van der Waals surface area (Å²) < 4.78 is 1.62. The lowest BCUT2D eigenvalue weighted by Gasteiger charge is -2.07. The zero-order valence-corrected chi connectivity index (χ0v) is 8.45. The molecular weight excluding hydrogens is 200 g/mol. The van der Waals surface area contributed by atoms with Crippen LogP contribution in [-0.2, 0) is 6.54 Å². The van der Waals surface area contributed by atoms with Gasteiger partial charge in [0.05, 0.1) is 22.3 Å². The van der Waals surface area contributed by atoms with Crippen LogP contribution in [-0.4, -0.2) is 9.55 Å². The summed E-state index contributed by atoms with van der Waals surface area (Å²) in [5, 5.41) is 0.564. The van der Waals surface area contributed by atoms with Crippen LogP contribution in [0.25, 0.3) is 11.0 Å². The maximum Gasteiger partial charge on any atom is 0.269 e. The van der Waals surface area contributed by atoms with E-state index in [1.807, 2.05) is 19.1 Å². The number of fused-ring (bicyclic) bond motifs is 1. The molecule has 1 aromatic heterocycles. The highest BCUT2D eigenvalue weighted by molar-refractivity contribution is 6.34. The normalized spacial score (nSPS) is 10.7. The van der Waals surface area contributed by atoms with Gasteiger partial charge in [-0.25, -0.2) is 4.98 Å². The third kappa shape index (κ3) is 1.30. The van der Waals surface area contributed by atoms with Gasteiger partial charge in [0.1, 0.15) is 0 Å². The summed E-state index contributed by atoms with van der Waals surface area (Å²) in [4.78, 5) is 15.5. The number of hydrogen-bond acceptors (Lipinski definition) is 2. The van der Waals surface area contributed by atoms with Crippen molar-refractivity contribution in [1.82, 2.24) is 9.55 Å². The lowest BCUT2D eigenvalue weighted by atomic mass is 10.3. The van der Waals surface area contributed by atoms with Crippen LogP contribution in [0.15, 0.2) is 29.2 Å². The van der Waals surface area contributed by atoms with Gasteiger partial charge < -0.3 is 4.57 Å². The molecule has 0 spiro atoms. The van der Waals surface area contributed by atoms with Crippen LogP contribution in [0.1, 0.15) is 6.92 Å². The standard InChI is InChI=1S/C10H9ClN2O/c1-2-13-9(14)6-12-8-5-3-4-7(11)10(8)13/h3-6H,2H2,1H3. The van der Waals surface area contributed by atoms with E-state index in [-0.39, 0.29) is 5.56 Å². The largest absolute Gasteiger partial charge is 0.304 e. The van der Waals surface area contributed by atoms with Crippen molar-refractivity contribution in [2.45, 2.75) is 13.5 Å². The van der Waals surface area contributed by atoms with Gasteiger partial charge in [-0.3, -0.25) is 4.79 Å². The quantitative estimate of drug-likeness (QED) is 0.719. The highest BCUT2D eigenvalue weighted by Crippen LogP contribution is 2.19. The van der Waals surface area contributed by atoms with Crippen molar-refractivity contribution in [3.05, 3.63) is 39.8 Å². The molecule has 2 aromatic rings. The molecule has 0 unspecified atom stereocenters. The average molecular weight is 209 g/mol. The van der Waals surface area contributed by atoms with Gasteiger partial charge in [0, 0.05) is 6.54 Å². The van der Waals surface area contributed by atoms with Gasteiger partial charge in [0.2, 0.25) is 0 Å². The van der Waals surface area contributed by atoms with Gasteiger partial charge in [-0.2, -0.15) is 0 Å². The lowest BCUT2D eigenvalue weighted by Crippen LogP contribution is -2.19. The molecule has 0 aliphatic carbocycles. The molecule has 0 saturated carbocycles. The molecule has 4 heteroatoms. The summed E-state index contributed by atoms with van der Waals surface area (Å²) in [7, 11) is 0. The first kappa shape index (κ1) is 9.21. The number of rotatable bonds is 1. The highest BCUT2D eigenvalue weighted by atomic mass is 35.5. The summed E-state index contributed by atoms with van der Waals surface area (Å²) in [5.74, 6) is 0. The number of halogens is 1. The van der Waals surface area contributed by atoms with Crippen molar-refractivity contribution in [1.29, 1.82) is 0 Å². The van der Waals surface area contributed by atoms with Gasteiger partial charge in [0.25, 0.3) is 5.56 Å².